The zero-order valence-corrected chi connectivity index (χ0v) is 17.7. The van der Waals surface area contributed by atoms with Gasteiger partial charge < -0.3 is 14.8 Å². The fourth-order valence-corrected chi connectivity index (χ4v) is 3.76. The number of carbonyl (C=O) groups excluding carboxylic acids is 1. The molecule has 0 aliphatic carbocycles. The molecule has 0 saturated heterocycles. The molecule has 2 rings (SSSR count). The van der Waals surface area contributed by atoms with Gasteiger partial charge in [0, 0.05) is 34.2 Å². The smallest absolute Gasteiger partial charge is 0.261 e. The molecule has 0 bridgehead atoms. The molecule has 0 radical (unpaired) electrons. The van der Waals surface area contributed by atoms with E-state index in [0.717, 1.165) is 17.1 Å². The molecule has 4 nitrogen and oxygen atoms in total. The number of hydrogen-bond acceptors (Lipinski definition) is 4. The zero-order valence-electron chi connectivity index (χ0n) is 15.3. The third-order valence-electron chi connectivity index (χ3n) is 3.80. The van der Waals surface area contributed by atoms with Crippen molar-refractivity contribution >= 4 is 40.9 Å². The summed E-state index contributed by atoms with van der Waals surface area (Å²) in [5.41, 5.74) is 1.03. The van der Waals surface area contributed by atoms with Crippen molar-refractivity contribution in [1.82, 2.24) is 5.32 Å². The minimum absolute atomic E-state index is 0.120. The average molecular weight is 428 g/mol. The third kappa shape index (κ3) is 7.17. The number of amides is 1. The van der Waals surface area contributed by atoms with E-state index in [2.05, 4.69) is 5.32 Å². The fourth-order valence-electron chi connectivity index (χ4n) is 2.34. The van der Waals surface area contributed by atoms with Crippen LogP contribution in [0.2, 0.25) is 10.0 Å². The highest BCUT2D eigenvalue weighted by Crippen LogP contribution is 2.24. The van der Waals surface area contributed by atoms with Gasteiger partial charge in [0.2, 0.25) is 0 Å². The number of carbonyl (C=O) groups is 1. The van der Waals surface area contributed by atoms with Crippen LogP contribution in [-0.4, -0.2) is 31.4 Å². The van der Waals surface area contributed by atoms with E-state index in [1.807, 2.05) is 37.3 Å². The van der Waals surface area contributed by atoms with Gasteiger partial charge in [-0.15, -0.1) is 0 Å². The van der Waals surface area contributed by atoms with E-state index in [9.17, 15) is 4.79 Å². The van der Waals surface area contributed by atoms with Gasteiger partial charge in [0.15, 0.2) is 6.10 Å². The van der Waals surface area contributed by atoms with E-state index < -0.39 is 6.10 Å². The topological polar surface area (TPSA) is 47.6 Å². The van der Waals surface area contributed by atoms with Crippen LogP contribution in [0.4, 0.5) is 0 Å². The van der Waals surface area contributed by atoms with Crippen molar-refractivity contribution in [3.63, 3.8) is 0 Å². The van der Waals surface area contributed by atoms with Gasteiger partial charge in [-0.05, 0) is 36.2 Å². The van der Waals surface area contributed by atoms with Crippen LogP contribution in [0.25, 0.3) is 0 Å². The minimum atomic E-state index is -0.534. The predicted molar refractivity (Wildman–Crippen MR) is 113 cm³/mol. The number of rotatable bonds is 10. The van der Waals surface area contributed by atoms with Gasteiger partial charge in [-0.1, -0.05) is 42.3 Å². The quantitative estimate of drug-likeness (QED) is 0.528. The Morgan fingerprint density at radius 3 is 2.67 bits per heavy atom. The first-order valence-corrected chi connectivity index (χ1v) is 10.5. The molecule has 0 aliphatic heterocycles. The van der Waals surface area contributed by atoms with E-state index in [4.69, 9.17) is 32.7 Å². The van der Waals surface area contributed by atoms with Crippen LogP contribution in [0.15, 0.2) is 42.5 Å². The van der Waals surface area contributed by atoms with Crippen LogP contribution in [0.1, 0.15) is 18.9 Å². The van der Waals surface area contributed by atoms with Gasteiger partial charge >= 0.3 is 0 Å². The van der Waals surface area contributed by atoms with E-state index >= 15 is 0 Å². The Kier molecular flexibility index (Phi) is 9.11. The molecule has 7 heteroatoms. The molecule has 1 N–H and O–H groups in total. The highest BCUT2D eigenvalue weighted by Gasteiger charge is 2.18. The molecule has 0 heterocycles. The summed E-state index contributed by atoms with van der Waals surface area (Å²) in [5, 5.41) is 4.21. The van der Waals surface area contributed by atoms with Crippen molar-refractivity contribution in [1.29, 1.82) is 0 Å². The second-order valence-corrected chi connectivity index (χ2v) is 7.72. The first-order valence-electron chi connectivity index (χ1n) is 8.63. The number of benzene rings is 2. The Morgan fingerprint density at radius 1 is 1.19 bits per heavy atom. The fraction of sp³-hybridized carbons (Fsp3) is 0.350. The van der Waals surface area contributed by atoms with Gasteiger partial charge in [0.25, 0.3) is 5.91 Å². The second-order valence-electron chi connectivity index (χ2n) is 5.77. The SMILES string of the molecule is CC[C@@H](Oc1cccc(OC)c1)C(=O)NCCSCc1ccc(Cl)cc1Cl. The molecule has 2 aromatic carbocycles. The number of ether oxygens (including phenoxy) is 2. The Balaban J connectivity index is 1.74. The van der Waals surface area contributed by atoms with E-state index in [1.54, 1.807) is 31.0 Å². The predicted octanol–water partition coefficient (Wildman–Crippen LogP) is 5.21. The summed E-state index contributed by atoms with van der Waals surface area (Å²) in [6.45, 7) is 2.48. The van der Waals surface area contributed by atoms with Gasteiger partial charge in [-0.3, -0.25) is 4.79 Å². The Morgan fingerprint density at radius 2 is 1.96 bits per heavy atom. The van der Waals surface area contributed by atoms with E-state index in [1.165, 1.54) is 0 Å². The molecular formula is C20H23Cl2NO3S. The normalized spacial score (nSPS) is 11.7. The van der Waals surface area contributed by atoms with Crippen LogP contribution in [0.5, 0.6) is 11.5 Å². The van der Waals surface area contributed by atoms with Crippen molar-refractivity contribution < 1.29 is 14.3 Å². The molecule has 2 aromatic rings. The van der Waals surface area contributed by atoms with Crippen LogP contribution in [0.3, 0.4) is 0 Å². The second kappa shape index (κ2) is 11.3. The lowest BCUT2D eigenvalue weighted by Crippen LogP contribution is -2.39. The average Bonchev–Trinajstić information content (AvgIpc) is 2.67. The summed E-state index contributed by atoms with van der Waals surface area (Å²) in [6, 6.07) is 12.7. The summed E-state index contributed by atoms with van der Waals surface area (Å²) >= 11 is 13.8. The Labute approximate surface area is 174 Å². The number of halogens is 2. The number of nitrogens with one attached hydrogen (secondary N) is 1. The molecule has 0 fully saturated rings. The van der Waals surface area contributed by atoms with Gasteiger partial charge in [0.05, 0.1) is 7.11 Å². The van der Waals surface area contributed by atoms with E-state index in [-0.39, 0.29) is 5.91 Å². The van der Waals surface area contributed by atoms with Gasteiger partial charge in [-0.25, -0.2) is 0 Å². The van der Waals surface area contributed by atoms with Crippen molar-refractivity contribution in [3.8, 4) is 11.5 Å². The first kappa shape index (κ1) is 21.7. The third-order valence-corrected chi connectivity index (χ3v) is 5.40. The Bertz CT molecular complexity index is 758. The highest BCUT2D eigenvalue weighted by molar-refractivity contribution is 7.98. The van der Waals surface area contributed by atoms with Crippen LogP contribution < -0.4 is 14.8 Å². The van der Waals surface area contributed by atoms with Crippen molar-refractivity contribution in [2.24, 2.45) is 0 Å². The molecule has 0 spiro atoms. The zero-order chi connectivity index (χ0) is 19.6. The minimum Gasteiger partial charge on any atom is -0.497 e. The van der Waals surface area contributed by atoms with Crippen LogP contribution >= 0.6 is 35.0 Å². The monoisotopic (exact) mass is 427 g/mol. The summed E-state index contributed by atoms with van der Waals surface area (Å²) < 4.78 is 11.0. The lowest BCUT2D eigenvalue weighted by Gasteiger charge is -2.17. The maximum atomic E-state index is 12.3. The molecule has 0 aromatic heterocycles. The number of hydrogen-bond donors (Lipinski definition) is 1. The Hall–Kier alpha value is -1.56. The largest absolute Gasteiger partial charge is 0.497 e. The molecular weight excluding hydrogens is 405 g/mol. The molecule has 0 saturated carbocycles. The van der Waals surface area contributed by atoms with E-state index in [0.29, 0.717) is 34.5 Å². The highest BCUT2D eigenvalue weighted by atomic mass is 35.5. The standard InChI is InChI=1S/C20H23Cl2NO3S/c1-3-19(26-17-6-4-5-16(12-17)25-2)20(24)23-9-10-27-13-14-7-8-15(21)11-18(14)22/h4-8,11-12,19H,3,9-10,13H2,1-2H3,(H,23,24)/t19-/m1/s1. The molecule has 0 aliphatic rings. The van der Waals surface area contributed by atoms with Crippen molar-refractivity contribution in [2.45, 2.75) is 25.2 Å². The summed E-state index contributed by atoms with van der Waals surface area (Å²) in [7, 11) is 1.60. The summed E-state index contributed by atoms with van der Waals surface area (Å²) in [5.74, 6) is 2.73. The lowest BCUT2D eigenvalue weighted by molar-refractivity contribution is -0.127. The van der Waals surface area contributed by atoms with Crippen molar-refractivity contribution in [2.75, 3.05) is 19.4 Å². The van der Waals surface area contributed by atoms with Gasteiger partial charge in [-0.2, -0.15) is 11.8 Å². The molecule has 0 unspecified atom stereocenters. The number of thioether (sulfide) groups is 1. The lowest BCUT2D eigenvalue weighted by atomic mass is 10.2. The summed E-state index contributed by atoms with van der Waals surface area (Å²) in [4.78, 5) is 12.3. The van der Waals surface area contributed by atoms with Crippen LogP contribution in [0, 0.1) is 0 Å². The number of methoxy groups -OCH3 is 1. The molecule has 146 valence electrons. The summed E-state index contributed by atoms with van der Waals surface area (Å²) in [6.07, 6.45) is 0.0455. The van der Waals surface area contributed by atoms with Crippen LogP contribution in [-0.2, 0) is 10.5 Å². The first-order chi connectivity index (χ1) is 13.0. The molecule has 1 amide bonds. The molecule has 1 atom stereocenters. The molecule has 27 heavy (non-hydrogen) atoms. The maximum absolute atomic E-state index is 12.3. The maximum Gasteiger partial charge on any atom is 0.261 e. The van der Waals surface area contributed by atoms with Crippen molar-refractivity contribution in [3.05, 3.63) is 58.1 Å². The van der Waals surface area contributed by atoms with Gasteiger partial charge in [0.1, 0.15) is 11.5 Å².